The fourth-order valence-corrected chi connectivity index (χ4v) is 4.77. The van der Waals surface area contributed by atoms with E-state index in [1.807, 2.05) is 35.2 Å². The lowest BCUT2D eigenvalue weighted by molar-refractivity contribution is -0.122. The number of hydrogen-bond donors (Lipinski definition) is 1. The zero-order valence-corrected chi connectivity index (χ0v) is 19.5. The Morgan fingerprint density at radius 3 is 2.48 bits per heavy atom. The molecule has 2 saturated heterocycles. The molecule has 2 aliphatic heterocycles. The summed E-state index contributed by atoms with van der Waals surface area (Å²) in [7, 11) is 0. The van der Waals surface area contributed by atoms with Crippen LogP contribution in [0.4, 0.5) is 11.4 Å². The number of anilines is 2. The summed E-state index contributed by atoms with van der Waals surface area (Å²) in [6.45, 7) is 6.14. The summed E-state index contributed by atoms with van der Waals surface area (Å²) in [6.07, 6.45) is 4.32. The Bertz CT molecular complexity index is 1030. The predicted octanol–water partition coefficient (Wildman–Crippen LogP) is 4.82. The largest absolute Gasteiger partial charge is 0.339 e. The first kappa shape index (κ1) is 23.0. The summed E-state index contributed by atoms with van der Waals surface area (Å²) >= 11 is 0. The fraction of sp³-hybridized carbons (Fsp3) is 0.444. The van der Waals surface area contributed by atoms with Gasteiger partial charge in [-0.3, -0.25) is 14.4 Å². The van der Waals surface area contributed by atoms with Crippen LogP contribution in [-0.2, 0) is 9.59 Å². The molecule has 1 N–H and O–H groups in total. The van der Waals surface area contributed by atoms with Crippen LogP contribution in [0.1, 0.15) is 67.8 Å². The minimum atomic E-state index is -0.458. The molecule has 6 heteroatoms. The van der Waals surface area contributed by atoms with Crippen LogP contribution in [0.3, 0.4) is 0 Å². The highest BCUT2D eigenvalue weighted by Crippen LogP contribution is 2.34. The van der Waals surface area contributed by atoms with Crippen LogP contribution < -0.4 is 10.2 Å². The lowest BCUT2D eigenvalue weighted by atomic mass is 9.96. The number of carbonyl (C=O) groups is 3. The van der Waals surface area contributed by atoms with Gasteiger partial charge in [0.25, 0.3) is 5.91 Å². The van der Waals surface area contributed by atoms with Gasteiger partial charge in [0, 0.05) is 31.7 Å². The minimum absolute atomic E-state index is 0.0384. The number of amides is 3. The molecule has 2 atom stereocenters. The zero-order valence-electron chi connectivity index (χ0n) is 19.5. The van der Waals surface area contributed by atoms with Gasteiger partial charge < -0.3 is 15.1 Å². The smallest absolute Gasteiger partial charge is 0.255 e. The molecule has 0 saturated carbocycles. The molecule has 2 aromatic carbocycles. The molecule has 0 aliphatic carbocycles. The van der Waals surface area contributed by atoms with Crippen molar-refractivity contribution in [1.29, 1.82) is 0 Å². The number of hydrogen-bond acceptors (Lipinski definition) is 3. The van der Waals surface area contributed by atoms with Crippen molar-refractivity contribution in [3.63, 3.8) is 0 Å². The van der Waals surface area contributed by atoms with Gasteiger partial charge in [-0.25, -0.2) is 0 Å². The van der Waals surface area contributed by atoms with Crippen molar-refractivity contribution in [2.24, 2.45) is 5.92 Å². The molecule has 4 rings (SSSR count). The van der Waals surface area contributed by atoms with Gasteiger partial charge in [-0.2, -0.15) is 0 Å². The Hall–Kier alpha value is -3.15. The molecule has 0 radical (unpaired) electrons. The number of nitrogens with one attached hydrogen (secondary N) is 1. The predicted molar refractivity (Wildman–Crippen MR) is 130 cm³/mol. The number of benzene rings is 2. The summed E-state index contributed by atoms with van der Waals surface area (Å²) in [5.41, 5.74) is 3.06. The summed E-state index contributed by atoms with van der Waals surface area (Å²) in [4.78, 5) is 42.7. The number of rotatable bonds is 6. The third kappa shape index (κ3) is 4.95. The van der Waals surface area contributed by atoms with Gasteiger partial charge >= 0.3 is 0 Å². The van der Waals surface area contributed by atoms with Crippen LogP contribution in [0, 0.1) is 5.92 Å². The summed E-state index contributed by atoms with van der Waals surface area (Å²) in [6, 6.07) is 15.1. The maximum Gasteiger partial charge on any atom is 0.255 e. The Kier molecular flexibility index (Phi) is 7.11. The number of para-hydroxylation sites is 2. The van der Waals surface area contributed by atoms with Crippen molar-refractivity contribution in [2.75, 3.05) is 29.9 Å². The first-order chi connectivity index (χ1) is 16.0. The number of likely N-dealkylation sites (tertiary alicyclic amines) is 1. The van der Waals surface area contributed by atoms with Crippen molar-refractivity contribution in [1.82, 2.24) is 4.90 Å². The van der Waals surface area contributed by atoms with Crippen molar-refractivity contribution in [3.8, 4) is 0 Å². The Morgan fingerprint density at radius 1 is 1.03 bits per heavy atom. The average Bonchev–Trinajstić information content (AvgIpc) is 3.25. The molecular formula is C27H33N3O3. The van der Waals surface area contributed by atoms with Gasteiger partial charge in [0.15, 0.2) is 0 Å². The lowest BCUT2D eigenvalue weighted by Gasteiger charge is -2.27. The van der Waals surface area contributed by atoms with Crippen molar-refractivity contribution in [3.05, 3.63) is 59.7 Å². The van der Waals surface area contributed by atoms with Crippen LogP contribution in [0.15, 0.2) is 48.5 Å². The molecule has 6 nitrogen and oxygen atoms in total. The van der Waals surface area contributed by atoms with E-state index in [2.05, 4.69) is 25.2 Å². The third-order valence-electron chi connectivity index (χ3n) is 6.93. The Morgan fingerprint density at radius 2 is 1.73 bits per heavy atom. The van der Waals surface area contributed by atoms with Crippen molar-refractivity contribution in [2.45, 2.75) is 51.9 Å². The lowest BCUT2D eigenvalue weighted by Crippen LogP contribution is -2.36. The Labute approximate surface area is 196 Å². The first-order valence-corrected chi connectivity index (χ1v) is 12.1. The van der Waals surface area contributed by atoms with Crippen molar-refractivity contribution < 1.29 is 14.4 Å². The highest BCUT2D eigenvalue weighted by Gasteiger charge is 2.36. The molecule has 2 fully saturated rings. The molecule has 3 amide bonds. The molecule has 2 aromatic rings. The zero-order chi connectivity index (χ0) is 23.4. The van der Waals surface area contributed by atoms with Gasteiger partial charge in [0.1, 0.15) is 0 Å². The van der Waals surface area contributed by atoms with Crippen LogP contribution in [0.25, 0.3) is 0 Å². The summed E-state index contributed by atoms with van der Waals surface area (Å²) in [5, 5.41) is 2.95. The van der Waals surface area contributed by atoms with E-state index in [-0.39, 0.29) is 24.1 Å². The van der Waals surface area contributed by atoms with E-state index in [9.17, 15) is 14.4 Å². The topological polar surface area (TPSA) is 69.7 Å². The van der Waals surface area contributed by atoms with Crippen molar-refractivity contribution >= 4 is 29.1 Å². The standard InChI is InChI=1S/C27H33N3O3/c1-3-19(2)21-11-6-8-14-24(21)30-18-20(17-25(30)31)26(32)28-23-13-7-5-12-22(23)27(33)29-15-9-4-10-16-29/h5-8,11-14,19-20H,3-4,9-10,15-18H2,1-2H3,(H,28,32). The van der Waals surface area contributed by atoms with Crippen LogP contribution in [0.2, 0.25) is 0 Å². The molecule has 33 heavy (non-hydrogen) atoms. The second kappa shape index (κ2) is 10.2. The molecule has 0 bridgehead atoms. The normalized spacial score (nSPS) is 19.5. The number of nitrogens with zero attached hydrogens (tertiary/aromatic N) is 2. The van der Waals surface area contributed by atoms with Crippen LogP contribution in [0.5, 0.6) is 0 Å². The second-order valence-electron chi connectivity index (χ2n) is 9.16. The molecular weight excluding hydrogens is 414 g/mol. The van der Waals surface area contributed by atoms with Crippen LogP contribution >= 0.6 is 0 Å². The van der Waals surface area contributed by atoms with E-state index in [0.717, 1.165) is 50.0 Å². The van der Waals surface area contributed by atoms with Gasteiger partial charge in [-0.1, -0.05) is 44.2 Å². The summed E-state index contributed by atoms with van der Waals surface area (Å²) < 4.78 is 0. The van der Waals surface area contributed by atoms with Crippen LogP contribution in [-0.4, -0.2) is 42.3 Å². The minimum Gasteiger partial charge on any atom is -0.339 e. The Balaban J connectivity index is 1.49. The van der Waals surface area contributed by atoms with E-state index in [0.29, 0.717) is 23.7 Å². The maximum absolute atomic E-state index is 13.1. The quantitative estimate of drug-likeness (QED) is 0.690. The molecule has 2 heterocycles. The highest BCUT2D eigenvalue weighted by atomic mass is 16.2. The first-order valence-electron chi connectivity index (χ1n) is 12.1. The van der Waals surface area contributed by atoms with E-state index in [4.69, 9.17) is 0 Å². The van der Waals surface area contributed by atoms with E-state index < -0.39 is 5.92 Å². The average molecular weight is 448 g/mol. The molecule has 0 spiro atoms. The second-order valence-corrected chi connectivity index (χ2v) is 9.16. The maximum atomic E-state index is 13.1. The van der Waals surface area contributed by atoms with E-state index in [1.165, 1.54) is 0 Å². The molecule has 2 unspecified atom stereocenters. The highest BCUT2D eigenvalue weighted by molar-refractivity contribution is 6.07. The van der Waals surface area contributed by atoms with Gasteiger partial charge in [-0.05, 0) is 55.4 Å². The van der Waals surface area contributed by atoms with Gasteiger partial charge in [0.05, 0.1) is 17.2 Å². The molecule has 2 aliphatic rings. The number of carbonyl (C=O) groups excluding carboxylic acids is 3. The SMILES string of the molecule is CCC(C)c1ccccc1N1CC(C(=O)Nc2ccccc2C(=O)N2CCCCC2)CC1=O. The van der Waals surface area contributed by atoms with Gasteiger partial charge in [0.2, 0.25) is 11.8 Å². The molecule has 174 valence electrons. The van der Waals surface area contributed by atoms with E-state index >= 15 is 0 Å². The molecule has 0 aromatic heterocycles. The summed E-state index contributed by atoms with van der Waals surface area (Å²) in [5.74, 6) is -0.429. The number of piperidine rings is 1. The van der Waals surface area contributed by atoms with E-state index in [1.54, 1.807) is 17.0 Å². The fourth-order valence-electron chi connectivity index (χ4n) is 4.77. The monoisotopic (exact) mass is 447 g/mol. The van der Waals surface area contributed by atoms with Gasteiger partial charge in [-0.15, -0.1) is 0 Å². The third-order valence-corrected chi connectivity index (χ3v) is 6.93.